The standard InChI is InChI=1S/C23H20NOP/c24-19-21-9-7-8-20(18-21)14-15-25-16-17-26(22-10-3-1-4-11-22)23-12-5-2-6-13-23/h1-15,18H,16-17H2/b15-14+. The summed E-state index contributed by atoms with van der Waals surface area (Å²) in [5.41, 5.74) is 1.63. The summed E-state index contributed by atoms with van der Waals surface area (Å²) >= 11 is 0. The van der Waals surface area contributed by atoms with Crippen molar-refractivity contribution in [3.05, 3.63) is 102 Å². The van der Waals surface area contributed by atoms with Crippen molar-refractivity contribution in [3.8, 4) is 6.07 Å². The lowest BCUT2D eigenvalue weighted by Crippen LogP contribution is -2.15. The maximum absolute atomic E-state index is 8.95. The molecule has 3 heteroatoms. The van der Waals surface area contributed by atoms with Gasteiger partial charge in [0, 0.05) is 6.16 Å². The molecule has 0 unspecified atom stereocenters. The maximum atomic E-state index is 8.95. The van der Waals surface area contributed by atoms with E-state index in [2.05, 4.69) is 66.7 Å². The Hall–Kier alpha value is -2.88. The Balaban J connectivity index is 1.62. The molecule has 0 fully saturated rings. The SMILES string of the molecule is N#Cc1cccc(/C=C/OCCP(c2ccccc2)c2ccccc2)c1. The van der Waals surface area contributed by atoms with E-state index in [4.69, 9.17) is 10.00 Å². The quantitative estimate of drug-likeness (QED) is 0.349. The lowest BCUT2D eigenvalue weighted by Gasteiger charge is -2.18. The normalized spacial score (nSPS) is 10.8. The van der Waals surface area contributed by atoms with E-state index in [1.807, 2.05) is 24.3 Å². The molecule has 0 saturated heterocycles. The second-order valence-corrected chi connectivity index (χ2v) is 8.07. The number of nitriles is 1. The van der Waals surface area contributed by atoms with Crippen LogP contribution in [0.3, 0.4) is 0 Å². The molecular formula is C23H20NOP. The molecule has 0 aromatic heterocycles. The third-order valence-corrected chi connectivity index (χ3v) is 6.41. The van der Waals surface area contributed by atoms with E-state index < -0.39 is 7.92 Å². The van der Waals surface area contributed by atoms with Crippen molar-refractivity contribution in [1.82, 2.24) is 0 Å². The molecule has 2 nitrogen and oxygen atoms in total. The van der Waals surface area contributed by atoms with E-state index in [0.717, 1.165) is 11.7 Å². The predicted molar refractivity (Wildman–Crippen MR) is 110 cm³/mol. The van der Waals surface area contributed by atoms with Crippen LogP contribution in [-0.4, -0.2) is 12.8 Å². The molecule has 3 aromatic rings. The van der Waals surface area contributed by atoms with Gasteiger partial charge < -0.3 is 4.74 Å². The minimum Gasteiger partial charge on any atom is -0.501 e. The van der Waals surface area contributed by atoms with Crippen LogP contribution in [0.5, 0.6) is 0 Å². The van der Waals surface area contributed by atoms with Gasteiger partial charge in [-0.15, -0.1) is 0 Å². The first-order valence-electron chi connectivity index (χ1n) is 8.53. The third-order valence-electron chi connectivity index (χ3n) is 3.94. The van der Waals surface area contributed by atoms with Crippen LogP contribution in [0, 0.1) is 11.3 Å². The Morgan fingerprint density at radius 1 is 0.846 bits per heavy atom. The fourth-order valence-corrected chi connectivity index (χ4v) is 4.84. The van der Waals surface area contributed by atoms with Gasteiger partial charge in [0.15, 0.2) is 0 Å². The lowest BCUT2D eigenvalue weighted by molar-refractivity contribution is 0.275. The highest BCUT2D eigenvalue weighted by atomic mass is 31.1. The van der Waals surface area contributed by atoms with Gasteiger partial charge in [0.25, 0.3) is 0 Å². The van der Waals surface area contributed by atoms with E-state index in [0.29, 0.717) is 12.2 Å². The molecule has 0 N–H and O–H groups in total. The van der Waals surface area contributed by atoms with Gasteiger partial charge in [0.1, 0.15) is 0 Å². The zero-order valence-electron chi connectivity index (χ0n) is 14.5. The fourth-order valence-electron chi connectivity index (χ4n) is 2.67. The van der Waals surface area contributed by atoms with Crippen LogP contribution in [-0.2, 0) is 4.74 Å². The first-order chi connectivity index (χ1) is 12.9. The molecule has 0 heterocycles. The molecule has 26 heavy (non-hydrogen) atoms. The zero-order chi connectivity index (χ0) is 18.0. The smallest absolute Gasteiger partial charge is 0.0991 e. The highest BCUT2D eigenvalue weighted by Crippen LogP contribution is 2.32. The maximum Gasteiger partial charge on any atom is 0.0991 e. The van der Waals surface area contributed by atoms with Crippen LogP contribution < -0.4 is 10.6 Å². The van der Waals surface area contributed by atoms with Crippen molar-refractivity contribution in [1.29, 1.82) is 5.26 Å². The van der Waals surface area contributed by atoms with Crippen molar-refractivity contribution < 1.29 is 4.74 Å². The highest BCUT2D eigenvalue weighted by Gasteiger charge is 2.12. The Morgan fingerprint density at radius 2 is 1.50 bits per heavy atom. The largest absolute Gasteiger partial charge is 0.501 e. The van der Waals surface area contributed by atoms with Gasteiger partial charge in [0.05, 0.1) is 24.5 Å². The number of benzene rings is 3. The van der Waals surface area contributed by atoms with Crippen LogP contribution in [0.1, 0.15) is 11.1 Å². The average molecular weight is 357 g/mol. The second-order valence-electron chi connectivity index (χ2n) is 5.73. The van der Waals surface area contributed by atoms with E-state index in [1.165, 1.54) is 10.6 Å². The Bertz CT molecular complexity index is 845. The van der Waals surface area contributed by atoms with Crippen LogP contribution in [0.25, 0.3) is 6.08 Å². The van der Waals surface area contributed by atoms with Crippen LogP contribution in [0.2, 0.25) is 0 Å². The number of ether oxygens (including phenoxy) is 1. The minimum atomic E-state index is -0.431. The number of hydrogen-bond donors (Lipinski definition) is 0. The molecule has 0 saturated carbocycles. The number of rotatable bonds is 7. The summed E-state index contributed by atoms with van der Waals surface area (Å²) in [6.45, 7) is 0.657. The first kappa shape index (κ1) is 17.9. The summed E-state index contributed by atoms with van der Waals surface area (Å²) in [6.07, 6.45) is 4.58. The summed E-state index contributed by atoms with van der Waals surface area (Å²) in [6, 6.07) is 30.9. The van der Waals surface area contributed by atoms with E-state index in [-0.39, 0.29) is 0 Å². The summed E-state index contributed by atoms with van der Waals surface area (Å²) in [5.74, 6) is 0. The molecule has 0 radical (unpaired) electrons. The van der Waals surface area contributed by atoms with Gasteiger partial charge in [-0.3, -0.25) is 0 Å². The van der Waals surface area contributed by atoms with Gasteiger partial charge in [0.2, 0.25) is 0 Å². The molecule has 0 aliphatic carbocycles. The molecule has 0 amide bonds. The molecule has 0 atom stereocenters. The van der Waals surface area contributed by atoms with E-state index in [1.54, 1.807) is 12.3 Å². The third kappa shape index (κ3) is 5.06. The summed E-state index contributed by atoms with van der Waals surface area (Å²) in [5, 5.41) is 11.7. The minimum absolute atomic E-state index is 0.431. The fraction of sp³-hybridized carbons (Fsp3) is 0.0870. The molecule has 3 aromatic carbocycles. The summed E-state index contributed by atoms with van der Waals surface area (Å²) < 4.78 is 5.74. The summed E-state index contributed by atoms with van der Waals surface area (Å²) in [4.78, 5) is 0. The highest BCUT2D eigenvalue weighted by molar-refractivity contribution is 7.73. The van der Waals surface area contributed by atoms with Gasteiger partial charge >= 0.3 is 0 Å². The Morgan fingerprint density at radius 3 is 2.12 bits per heavy atom. The van der Waals surface area contributed by atoms with Crippen LogP contribution >= 0.6 is 7.92 Å². The van der Waals surface area contributed by atoms with Crippen molar-refractivity contribution in [2.75, 3.05) is 12.8 Å². The van der Waals surface area contributed by atoms with Gasteiger partial charge in [-0.1, -0.05) is 72.8 Å². The van der Waals surface area contributed by atoms with Crippen LogP contribution in [0.4, 0.5) is 0 Å². The lowest BCUT2D eigenvalue weighted by atomic mass is 10.1. The molecule has 128 valence electrons. The molecule has 0 bridgehead atoms. The second kappa shape index (κ2) is 9.56. The van der Waals surface area contributed by atoms with E-state index in [9.17, 15) is 0 Å². The number of hydrogen-bond acceptors (Lipinski definition) is 2. The number of nitrogens with zero attached hydrogens (tertiary/aromatic N) is 1. The molecule has 0 aliphatic heterocycles. The van der Waals surface area contributed by atoms with Crippen molar-refractivity contribution in [3.63, 3.8) is 0 Å². The monoisotopic (exact) mass is 357 g/mol. The van der Waals surface area contributed by atoms with Gasteiger partial charge in [-0.2, -0.15) is 5.26 Å². The average Bonchev–Trinajstić information content (AvgIpc) is 2.72. The molecular weight excluding hydrogens is 337 g/mol. The van der Waals surface area contributed by atoms with Crippen molar-refractivity contribution in [2.24, 2.45) is 0 Å². The zero-order valence-corrected chi connectivity index (χ0v) is 15.3. The van der Waals surface area contributed by atoms with Crippen LogP contribution in [0.15, 0.2) is 91.2 Å². The van der Waals surface area contributed by atoms with Gasteiger partial charge in [-0.05, 0) is 42.3 Å². The molecule has 0 spiro atoms. The van der Waals surface area contributed by atoms with Crippen molar-refractivity contribution in [2.45, 2.75) is 0 Å². The van der Waals surface area contributed by atoms with E-state index >= 15 is 0 Å². The summed E-state index contributed by atoms with van der Waals surface area (Å²) in [7, 11) is -0.431. The first-order valence-corrected chi connectivity index (χ1v) is 10.1. The topological polar surface area (TPSA) is 33.0 Å². The molecule has 3 rings (SSSR count). The Labute approximate surface area is 156 Å². The van der Waals surface area contributed by atoms with Gasteiger partial charge in [-0.25, -0.2) is 0 Å². The molecule has 0 aliphatic rings. The van der Waals surface area contributed by atoms with Crippen molar-refractivity contribution >= 4 is 24.6 Å². The Kier molecular flexibility index (Phi) is 6.59. The predicted octanol–water partition coefficient (Wildman–Crippen LogP) is 4.68.